The quantitative estimate of drug-likeness (QED) is 0.733. The predicted molar refractivity (Wildman–Crippen MR) is 60.5 cm³/mol. The maximum Gasteiger partial charge on any atom is 0.300 e. The molecule has 1 aliphatic rings. The molecular weight excluding hydrogens is 190 g/mol. The van der Waals surface area contributed by atoms with Crippen molar-refractivity contribution in [3.05, 3.63) is 41.5 Å². The Bertz CT molecular complexity index is 379. The highest BCUT2D eigenvalue weighted by atomic mass is 16.4. The van der Waals surface area contributed by atoms with Crippen LogP contribution in [0.15, 0.2) is 30.3 Å². The van der Waals surface area contributed by atoms with Crippen LogP contribution in [0.3, 0.4) is 0 Å². The zero-order chi connectivity index (χ0) is 11.3. The summed E-state index contributed by atoms with van der Waals surface area (Å²) in [5, 5.41) is 7.42. The molecule has 3 nitrogen and oxygen atoms in total. The molecule has 0 radical (unpaired) electrons. The van der Waals surface area contributed by atoms with Crippen LogP contribution in [0.2, 0.25) is 0 Å². The van der Waals surface area contributed by atoms with Crippen molar-refractivity contribution in [2.45, 2.75) is 13.3 Å². The van der Waals surface area contributed by atoms with Gasteiger partial charge in [-0.15, -0.1) is 0 Å². The fourth-order valence-corrected chi connectivity index (χ4v) is 1.55. The maximum absolute atomic E-state index is 9.00. The summed E-state index contributed by atoms with van der Waals surface area (Å²) in [5.41, 5.74) is 9.63. The summed E-state index contributed by atoms with van der Waals surface area (Å²) < 4.78 is 0. The van der Waals surface area contributed by atoms with Crippen molar-refractivity contribution in [2.75, 3.05) is 6.54 Å². The highest BCUT2D eigenvalue weighted by Crippen LogP contribution is 2.25. The van der Waals surface area contributed by atoms with E-state index < -0.39 is 5.97 Å². The highest BCUT2D eigenvalue weighted by Gasteiger charge is 2.10. The SMILES string of the molecule is CC(=O)O.NCC1=CCc2ccccc21. The van der Waals surface area contributed by atoms with Crippen molar-refractivity contribution in [2.24, 2.45) is 5.73 Å². The van der Waals surface area contributed by atoms with E-state index in [9.17, 15) is 0 Å². The first-order valence-corrected chi connectivity index (χ1v) is 4.82. The number of hydrogen-bond acceptors (Lipinski definition) is 2. The van der Waals surface area contributed by atoms with Crippen molar-refractivity contribution < 1.29 is 9.90 Å². The van der Waals surface area contributed by atoms with Gasteiger partial charge in [0.1, 0.15) is 0 Å². The fraction of sp³-hybridized carbons (Fsp3) is 0.250. The van der Waals surface area contributed by atoms with E-state index in [1.165, 1.54) is 16.7 Å². The summed E-state index contributed by atoms with van der Waals surface area (Å²) >= 11 is 0. The van der Waals surface area contributed by atoms with Crippen LogP contribution in [0.1, 0.15) is 18.1 Å². The zero-order valence-corrected chi connectivity index (χ0v) is 8.73. The third kappa shape index (κ3) is 3.22. The van der Waals surface area contributed by atoms with Crippen LogP contribution in [0.4, 0.5) is 0 Å². The molecule has 3 heteroatoms. The molecule has 0 atom stereocenters. The van der Waals surface area contributed by atoms with Crippen LogP contribution in [0.5, 0.6) is 0 Å². The Balaban J connectivity index is 0.000000245. The first-order chi connectivity index (χ1) is 7.15. The molecule has 0 saturated heterocycles. The monoisotopic (exact) mass is 205 g/mol. The van der Waals surface area contributed by atoms with E-state index in [0.717, 1.165) is 13.3 Å². The Morgan fingerprint density at radius 1 is 1.47 bits per heavy atom. The van der Waals surface area contributed by atoms with Crippen LogP contribution < -0.4 is 5.73 Å². The van der Waals surface area contributed by atoms with Crippen LogP contribution in [-0.4, -0.2) is 17.6 Å². The van der Waals surface area contributed by atoms with Crippen molar-refractivity contribution in [1.29, 1.82) is 0 Å². The number of rotatable bonds is 1. The van der Waals surface area contributed by atoms with E-state index in [-0.39, 0.29) is 0 Å². The molecular formula is C12H15NO2. The number of allylic oxidation sites excluding steroid dienone is 1. The minimum atomic E-state index is -0.833. The number of hydrogen-bond donors (Lipinski definition) is 2. The summed E-state index contributed by atoms with van der Waals surface area (Å²) in [6.07, 6.45) is 3.27. The van der Waals surface area contributed by atoms with Crippen LogP contribution in [-0.2, 0) is 11.2 Å². The number of benzene rings is 1. The summed E-state index contributed by atoms with van der Waals surface area (Å²) in [4.78, 5) is 9.00. The third-order valence-corrected chi connectivity index (χ3v) is 2.15. The highest BCUT2D eigenvalue weighted by molar-refractivity contribution is 5.73. The van der Waals surface area contributed by atoms with E-state index in [0.29, 0.717) is 6.54 Å². The molecule has 1 aromatic carbocycles. The first-order valence-electron chi connectivity index (χ1n) is 4.82. The molecule has 0 fully saturated rings. The minimum Gasteiger partial charge on any atom is -0.481 e. The normalized spacial score (nSPS) is 12.3. The predicted octanol–water partition coefficient (Wildman–Crippen LogP) is 1.68. The van der Waals surface area contributed by atoms with Gasteiger partial charge < -0.3 is 10.8 Å². The lowest BCUT2D eigenvalue weighted by Gasteiger charge is -2.00. The average Bonchev–Trinajstić information content (AvgIpc) is 2.59. The fourth-order valence-electron chi connectivity index (χ4n) is 1.55. The van der Waals surface area contributed by atoms with E-state index in [1.54, 1.807) is 0 Å². The molecule has 0 spiro atoms. The summed E-state index contributed by atoms with van der Waals surface area (Å²) in [6, 6.07) is 8.44. The molecule has 0 aromatic heterocycles. The van der Waals surface area contributed by atoms with Crippen LogP contribution >= 0.6 is 0 Å². The van der Waals surface area contributed by atoms with Crippen molar-refractivity contribution in [3.8, 4) is 0 Å². The van der Waals surface area contributed by atoms with Gasteiger partial charge in [-0.25, -0.2) is 0 Å². The van der Waals surface area contributed by atoms with E-state index in [4.69, 9.17) is 15.6 Å². The molecule has 0 saturated carbocycles. The maximum atomic E-state index is 9.00. The molecule has 0 unspecified atom stereocenters. The Kier molecular flexibility index (Phi) is 4.06. The topological polar surface area (TPSA) is 63.3 Å². The van der Waals surface area contributed by atoms with Gasteiger partial charge in [0.25, 0.3) is 5.97 Å². The van der Waals surface area contributed by atoms with Gasteiger partial charge in [0.15, 0.2) is 0 Å². The lowest BCUT2D eigenvalue weighted by atomic mass is 10.1. The van der Waals surface area contributed by atoms with Crippen molar-refractivity contribution in [3.63, 3.8) is 0 Å². The second kappa shape index (κ2) is 5.32. The van der Waals surface area contributed by atoms with Crippen molar-refractivity contribution in [1.82, 2.24) is 0 Å². The molecule has 15 heavy (non-hydrogen) atoms. The second-order valence-electron chi connectivity index (χ2n) is 3.31. The van der Waals surface area contributed by atoms with Gasteiger partial charge in [0.2, 0.25) is 0 Å². The second-order valence-corrected chi connectivity index (χ2v) is 3.31. The molecule has 0 bridgehead atoms. The van der Waals surface area contributed by atoms with Gasteiger partial charge in [-0.3, -0.25) is 4.79 Å². The van der Waals surface area contributed by atoms with Gasteiger partial charge in [-0.1, -0.05) is 30.3 Å². The number of nitrogens with two attached hydrogens (primary N) is 1. The van der Waals surface area contributed by atoms with Crippen molar-refractivity contribution >= 4 is 11.5 Å². The smallest absolute Gasteiger partial charge is 0.300 e. The number of carboxylic acids is 1. The number of fused-ring (bicyclic) bond motifs is 1. The molecule has 0 heterocycles. The summed E-state index contributed by atoms with van der Waals surface area (Å²) in [5.74, 6) is -0.833. The van der Waals surface area contributed by atoms with E-state index in [1.807, 2.05) is 0 Å². The van der Waals surface area contributed by atoms with Gasteiger partial charge >= 0.3 is 0 Å². The number of aliphatic carboxylic acids is 1. The standard InChI is InChI=1S/C10H11N.C2H4O2/c11-7-9-6-5-8-3-1-2-4-10(8)9;1-2(3)4/h1-4,6H,5,7,11H2;1H3,(H,3,4). The molecule has 0 amide bonds. The largest absolute Gasteiger partial charge is 0.481 e. The lowest BCUT2D eigenvalue weighted by molar-refractivity contribution is -0.134. The van der Waals surface area contributed by atoms with Crippen LogP contribution in [0, 0.1) is 0 Å². The Morgan fingerprint density at radius 3 is 2.67 bits per heavy atom. The zero-order valence-electron chi connectivity index (χ0n) is 8.73. The average molecular weight is 205 g/mol. The van der Waals surface area contributed by atoms with E-state index in [2.05, 4.69) is 30.3 Å². The Labute approximate surface area is 89.2 Å². The molecule has 0 aliphatic heterocycles. The van der Waals surface area contributed by atoms with Gasteiger partial charge in [-0.2, -0.15) is 0 Å². The third-order valence-electron chi connectivity index (χ3n) is 2.15. The minimum absolute atomic E-state index is 0.664. The summed E-state index contributed by atoms with van der Waals surface area (Å²) in [7, 11) is 0. The lowest BCUT2D eigenvalue weighted by Crippen LogP contribution is -2.00. The number of carbonyl (C=O) groups is 1. The molecule has 3 N–H and O–H groups in total. The van der Waals surface area contributed by atoms with Gasteiger partial charge in [0.05, 0.1) is 0 Å². The molecule has 2 rings (SSSR count). The Hall–Kier alpha value is -1.61. The van der Waals surface area contributed by atoms with Gasteiger partial charge in [-0.05, 0) is 23.1 Å². The molecule has 1 aliphatic carbocycles. The molecule has 1 aromatic rings. The van der Waals surface area contributed by atoms with Gasteiger partial charge in [0, 0.05) is 13.5 Å². The van der Waals surface area contributed by atoms with Crippen LogP contribution in [0.25, 0.3) is 5.57 Å². The Morgan fingerprint density at radius 2 is 2.07 bits per heavy atom. The number of carboxylic acid groups (broad SMARTS) is 1. The van der Waals surface area contributed by atoms with E-state index >= 15 is 0 Å². The summed E-state index contributed by atoms with van der Waals surface area (Å²) in [6.45, 7) is 1.75. The molecule has 80 valence electrons. The first kappa shape index (κ1) is 11.5.